The van der Waals surface area contributed by atoms with Crippen LogP contribution >= 0.6 is 39.9 Å². The van der Waals surface area contributed by atoms with E-state index in [-0.39, 0.29) is 29.9 Å². The van der Waals surface area contributed by atoms with Crippen molar-refractivity contribution in [3.05, 3.63) is 28.7 Å². The fraction of sp³-hybridized carbons (Fsp3) is 0.556. The number of hydrogen-bond donors (Lipinski definition) is 3. The summed E-state index contributed by atoms with van der Waals surface area (Å²) < 4.78 is 6.58. The molecule has 1 aliphatic carbocycles. The van der Waals surface area contributed by atoms with Gasteiger partial charge < -0.3 is 20.7 Å². The van der Waals surface area contributed by atoms with Gasteiger partial charge in [-0.1, -0.05) is 15.9 Å². The van der Waals surface area contributed by atoms with Gasteiger partial charge in [-0.05, 0) is 49.4 Å². The molecule has 1 aliphatic rings. The van der Waals surface area contributed by atoms with E-state index in [0.717, 1.165) is 42.3 Å². The summed E-state index contributed by atoms with van der Waals surface area (Å²) in [5.74, 6) is 1.49. The van der Waals surface area contributed by atoms with Gasteiger partial charge in [0.2, 0.25) is 5.91 Å². The maximum Gasteiger partial charge on any atom is 0.226 e. The number of benzene rings is 1. The molecule has 0 saturated heterocycles. The highest BCUT2D eigenvalue weighted by Crippen LogP contribution is 2.28. The van der Waals surface area contributed by atoms with Crippen LogP contribution in [0.15, 0.2) is 33.7 Å². The van der Waals surface area contributed by atoms with Crippen LogP contribution in [0.3, 0.4) is 0 Å². The van der Waals surface area contributed by atoms with Crippen LogP contribution in [0.1, 0.15) is 25.7 Å². The number of ether oxygens (including phenoxy) is 1. The zero-order chi connectivity index (χ0) is 17.9. The van der Waals surface area contributed by atoms with E-state index in [2.05, 4.69) is 36.9 Å². The predicted molar refractivity (Wildman–Crippen MR) is 120 cm³/mol. The fourth-order valence-electron chi connectivity index (χ4n) is 2.19. The molecule has 0 heterocycles. The number of nitrogens with zero attached hydrogens (tertiary/aromatic N) is 1. The van der Waals surface area contributed by atoms with Crippen LogP contribution in [0.5, 0.6) is 0 Å². The summed E-state index contributed by atoms with van der Waals surface area (Å²) in [5.41, 5.74) is 0.793. The van der Waals surface area contributed by atoms with Gasteiger partial charge in [-0.25, -0.2) is 0 Å². The van der Waals surface area contributed by atoms with Gasteiger partial charge in [-0.3, -0.25) is 9.79 Å². The van der Waals surface area contributed by atoms with Gasteiger partial charge >= 0.3 is 0 Å². The number of amides is 1. The fourth-order valence-corrected chi connectivity index (χ4v) is 2.45. The van der Waals surface area contributed by atoms with E-state index in [1.807, 2.05) is 24.3 Å². The second-order valence-corrected chi connectivity index (χ2v) is 7.02. The summed E-state index contributed by atoms with van der Waals surface area (Å²) in [6.07, 6.45) is 3.97. The number of anilines is 1. The number of aliphatic imine (C=N–C) groups is 1. The van der Waals surface area contributed by atoms with Crippen LogP contribution in [0, 0.1) is 5.92 Å². The summed E-state index contributed by atoms with van der Waals surface area (Å²) >= 11 is 3.37. The molecule has 0 bridgehead atoms. The summed E-state index contributed by atoms with van der Waals surface area (Å²) in [5, 5.41) is 9.23. The van der Waals surface area contributed by atoms with Gasteiger partial charge in [0.1, 0.15) is 0 Å². The Balaban J connectivity index is 0.00000338. The monoisotopic (exact) mass is 538 g/mol. The van der Waals surface area contributed by atoms with Gasteiger partial charge in [-0.2, -0.15) is 0 Å². The van der Waals surface area contributed by atoms with E-state index in [1.165, 1.54) is 12.8 Å². The zero-order valence-corrected chi connectivity index (χ0v) is 19.0. The Morgan fingerprint density at radius 1 is 1.23 bits per heavy atom. The van der Waals surface area contributed by atoms with Crippen LogP contribution in [0.2, 0.25) is 0 Å². The van der Waals surface area contributed by atoms with Gasteiger partial charge in [0.15, 0.2) is 5.96 Å². The topological polar surface area (TPSA) is 74.8 Å². The molecule has 1 fully saturated rings. The molecule has 0 aromatic heterocycles. The smallest absolute Gasteiger partial charge is 0.226 e. The molecule has 6 nitrogen and oxygen atoms in total. The van der Waals surface area contributed by atoms with Crippen molar-refractivity contribution in [3.8, 4) is 0 Å². The molecule has 1 aromatic rings. The van der Waals surface area contributed by atoms with Crippen molar-refractivity contribution in [2.75, 3.05) is 38.7 Å². The minimum absolute atomic E-state index is 0. The normalized spacial score (nSPS) is 13.7. The third-order valence-electron chi connectivity index (χ3n) is 3.80. The van der Waals surface area contributed by atoms with Crippen molar-refractivity contribution in [2.45, 2.75) is 25.7 Å². The van der Waals surface area contributed by atoms with E-state index in [4.69, 9.17) is 4.74 Å². The molecule has 8 heteroatoms. The molecule has 0 spiro atoms. The molecule has 1 aromatic carbocycles. The SMILES string of the molecule is CN=C(NCCCOCC1CC1)NCCC(=O)Nc1ccc(Br)cc1.I. The number of nitrogens with one attached hydrogen (secondary N) is 3. The Hall–Kier alpha value is -0.870. The first-order valence-electron chi connectivity index (χ1n) is 8.75. The largest absolute Gasteiger partial charge is 0.381 e. The maximum atomic E-state index is 11.9. The number of carbonyl (C=O) groups excluding carboxylic acids is 1. The average Bonchev–Trinajstić information content (AvgIpc) is 3.42. The lowest BCUT2D eigenvalue weighted by atomic mass is 10.3. The summed E-state index contributed by atoms with van der Waals surface area (Å²) in [4.78, 5) is 16.1. The summed E-state index contributed by atoms with van der Waals surface area (Å²) in [7, 11) is 1.72. The van der Waals surface area contributed by atoms with E-state index in [0.29, 0.717) is 18.9 Å². The van der Waals surface area contributed by atoms with Crippen molar-refractivity contribution >= 4 is 57.5 Å². The van der Waals surface area contributed by atoms with Gasteiger partial charge in [0, 0.05) is 49.9 Å². The third kappa shape index (κ3) is 10.3. The van der Waals surface area contributed by atoms with E-state index in [1.54, 1.807) is 7.05 Å². The van der Waals surface area contributed by atoms with Crippen molar-refractivity contribution < 1.29 is 9.53 Å². The Morgan fingerprint density at radius 2 is 1.92 bits per heavy atom. The van der Waals surface area contributed by atoms with Crippen LogP contribution in [0.4, 0.5) is 5.69 Å². The molecule has 0 unspecified atom stereocenters. The quantitative estimate of drug-likeness (QED) is 0.185. The van der Waals surface area contributed by atoms with E-state index >= 15 is 0 Å². The van der Waals surface area contributed by atoms with Crippen LogP contribution < -0.4 is 16.0 Å². The molecule has 0 atom stereocenters. The van der Waals surface area contributed by atoms with Crippen LogP contribution in [0.25, 0.3) is 0 Å². The first kappa shape index (κ1) is 23.2. The zero-order valence-electron chi connectivity index (χ0n) is 15.1. The molecule has 3 N–H and O–H groups in total. The molecule has 2 rings (SSSR count). The molecule has 26 heavy (non-hydrogen) atoms. The lowest BCUT2D eigenvalue weighted by Gasteiger charge is -2.12. The number of carbonyl (C=O) groups is 1. The highest BCUT2D eigenvalue weighted by Gasteiger charge is 2.20. The van der Waals surface area contributed by atoms with Crippen molar-refractivity contribution in [2.24, 2.45) is 10.9 Å². The molecule has 146 valence electrons. The van der Waals surface area contributed by atoms with E-state index in [9.17, 15) is 4.79 Å². The minimum atomic E-state index is -0.0289. The lowest BCUT2D eigenvalue weighted by molar-refractivity contribution is -0.116. The number of rotatable bonds is 10. The molecule has 1 saturated carbocycles. The van der Waals surface area contributed by atoms with Crippen LogP contribution in [-0.2, 0) is 9.53 Å². The van der Waals surface area contributed by atoms with Gasteiger partial charge in [0.05, 0.1) is 0 Å². The van der Waals surface area contributed by atoms with Gasteiger partial charge in [0.25, 0.3) is 0 Å². The number of guanidine groups is 1. The summed E-state index contributed by atoms with van der Waals surface area (Å²) in [6, 6.07) is 7.52. The van der Waals surface area contributed by atoms with Crippen molar-refractivity contribution in [1.82, 2.24) is 10.6 Å². The summed E-state index contributed by atoms with van der Waals surface area (Å²) in [6.45, 7) is 3.01. The highest BCUT2D eigenvalue weighted by molar-refractivity contribution is 14.0. The van der Waals surface area contributed by atoms with Crippen LogP contribution in [-0.4, -0.2) is 45.2 Å². The van der Waals surface area contributed by atoms with Crippen molar-refractivity contribution in [3.63, 3.8) is 0 Å². The first-order valence-corrected chi connectivity index (χ1v) is 9.54. The predicted octanol–water partition coefficient (Wildman–Crippen LogP) is 3.38. The van der Waals surface area contributed by atoms with E-state index < -0.39 is 0 Å². The molecule has 0 radical (unpaired) electrons. The second kappa shape index (κ2) is 13.3. The number of hydrogen-bond acceptors (Lipinski definition) is 3. The van der Waals surface area contributed by atoms with Crippen molar-refractivity contribution in [1.29, 1.82) is 0 Å². The third-order valence-corrected chi connectivity index (χ3v) is 4.33. The average molecular weight is 539 g/mol. The molecule has 1 amide bonds. The second-order valence-electron chi connectivity index (χ2n) is 6.10. The minimum Gasteiger partial charge on any atom is -0.381 e. The molecular formula is C18H28BrIN4O2. The Kier molecular flexibility index (Phi) is 11.9. The highest BCUT2D eigenvalue weighted by atomic mass is 127. The Labute approximate surface area is 181 Å². The Bertz CT molecular complexity index is 565. The molecule has 0 aliphatic heterocycles. The van der Waals surface area contributed by atoms with Gasteiger partial charge in [-0.15, -0.1) is 24.0 Å². The first-order chi connectivity index (χ1) is 12.2. The Morgan fingerprint density at radius 3 is 2.58 bits per heavy atom. The maximum absolute atomic E-state index is 11.9. The molecular weight excluding hydrogens is 511 g/mol. The number of halogens is 2. The lowest BCUT2D eigenvalue weighted by Crippen LogP contribution is -2.39. The standard InChI is InChI=1S/C18H27BrN4O2.HI/c1-20-18(21-10-2-12-25-13-14-3-4-14)22-11-9-17(24)23-16-7-5-15(19)6-8-16;/h5-8,14H,2-4,9-13H2,1H3,(H,23,24)(H2,20,21,22);1H.